The average Bonchev–Trinajstić information content (AvgIpc) is 3.49. The van der Waals surface area contributed by atoms with E-state index in [-0.39, 0.29) is 16.8 Å². The second-order valence-electron chi connectivity index (χ2n) is 11.1. The first-order valence-corrected chi connectivity index (χ1v) is 14.9. The highest BCUT2D eigenvalue weighted by Crippen LogP contribution is 2.52. The summed E-state index contributed by atoms with van der Waals surface area (Å²) in [6, 6.07) is 11.2. The maximum absolute atomic E-state index is 14.3. The third-order valence-corrected chi connectivity index (χ3v) is 9.61. The van der Waals surface area contributed by atoms with Crippen molar-refractivity contribution in [1.29, 1.82) is 0 Å². The molecule has 4 aromatic rings. The summed E-state index contributed by atoms with van der Waals surface area (Å²) in [4.78, 5) is 0. The molecule has 2 heterocycles. The van der Waals surface area contributed by atoms with Crippen LogP contribution in [0.1, 0.15) is 40.5 Å². The maximum atomic E-state index is 14.3. The van der Waals surface area contributed by atoms with Crippen LogP contribution < -0.4 is 0 Å². The van der Waals surface area contributed by atoms with Crippen molar-refractivity contribution in [2.24, 2.45) is 0 Å². The number of alkyl halides is 3. The molecule has 1 aliphatic heterocycles. The van der Waals surface area contributed by atoms with Gasteiger partial charge >= 0.3 is 6.18 Å². The summed E-state index contributed by atoms with van der Waals surface area (Å²) >= 11 is 0.649. The second-order valence-corrected chi connectivity index (χ2v) is 12.3. The lowest BCUT2D eigenvalue weighted by atomic mass is 9.84. The minimum absolute atomic E-state index is 0.159. The van der Waals surface area contributed by atoms with E-state index in [1.807, 2.05) is 0 Å². The van der Waals surface area contributed by atoms with Crippen LogP contribution in [0.25, 0.3) is 11.3 Å². The predicted molar refractivity (Wildman–Crippen MR) is 155 cm³/mol. The summed E-state index contributed by atoms with van der Waals surface area (Å²) in [5.74, 6) is -4.67. The molecule has 0 unspecified atom stereocenters. The Kier molecular flexibility index (Phi) is 9.55. The fourth-order valence-corrected chi connectivity index (χ4v) is 7.20. The Morgan fingerprint density at radius 3 is 2.17 bits per heavy atom. The second kappa shape index (κ2) is 13.0. The molecule has 4 N–H and O–H groups in total. The van der Waals surface area contributed by atoms with Gasteiger partial charge in [-0.3, -0.25) is 0 Å². The molecule has 8 nitrogen and oxygen atoms in total. The minimum Gasteiger partial charge on any atom is -0.394 e. The number of hydrogen-bond donors (Lipinski definition) is 4. The standard InChI is InChI=1S/C31H29F6N3O5S/c1-15-7-3-5-9-18(15)30(2,44)28(17-8-4-6-10-19(17)31(35,36)37)46-29-27(43)25(26(42)23(14-41)45-29)40-13-22(38-39-40)16-11-20(32)24(34)21(33)12-16/h3-13,23,25-29,41-44H,14H2,1-2H3/t23-,25+,26+,27-,28-,29+,30-/m1/s1. The van der Waals surface area contributed by atoms with E-state index < -0.39 is 76.4 Å². The quantitative estimate of drug-likeness (QED) is 0.152. The number of rotatable bonds is 8. The highest BCUT2D eigenvalue weighted by Gasteiger charge is 2.50. The van der Waals surface area contributed by atoms with E-state index in [9.17, 15) is 46.8 Å². The molecule has 0 bridgehead atoms. The van der Waals surface area contributed by atoms with E-state index in [0.717, 1.165) is 16.9 Å². The van der Waals surface area contributed by atoms with E-state index in [4.69, 9.17) is 4.74 Å². The fourth-order valence-electron chi connectivity index (χ4n) is 5.66. The first-order valence-electron chi connectivity index (χ1n) is 13.9. The number of aromatic nitrogens is 3. The SMILES string of the molecule is Cc1ccccc1[C@@](C)(O)[C@H](S[C@@H]1O[C@H](CO)[C@H](O)[C@H](n2cc(-c3cc(F)c(F)c(F)c3)nn2)[C@H]1O)c1ccccc1C(F)(F)F. The van der Waals surface area contributed by atoms with E-state index >= 15 is 0 Å². The molecule has 1 saturated heterocycles. The summed E-state index contributed by atoms with van der Waals surface area (Å²) < 4.78 is 90.9. The van der Waals surface area contributed by atoms with Crippen molar-refractivity contribution < 1.29 is 51.5 Å². The Labute approximate surface area is 263 Å². The van der Waals surface area contributed by atoms with Crippen molar-refractivity contribution in [3.05, 3.63) is 107 Å². The van der Waals surface area contributed by atoms with Crippen LogP contribution in [0.2, 0.25) is 0 Å². The van der Waals surface area contributed by atoms with Gasteiger partial charge in [0, 0.05) is 5.56 Å². The molecule has 0 amide bonds. The monoisotopic (exact) mass is 669 g/mol. The number of aryl methyl sites for hydroxylation is 1. The van der Waals surface area contributed by atoms with Crippen molar-refractivity contribution >= 4 is 11.8 Å². The van der Waals surface area contributed by atoms with Crippen LogP contribution >= 0.6 is 11.8 Å². The summed E-state index contributed by atoms with van der Waals surface area (Å²) in [5.41, 5.74) is -4.27. The van der Waals surface area contributed by atoms with Crippen molar-refractivity contribution in [2.45, 2.75) is 60.7 Å². The number of hydrogen-bond acceptors (Lipinski definition) is 8. The van der Waals surface area contributed by atoms with E-state index in [1.165, 1.54) is 25.1 Å². The smallest absolute Gasteiger partial charge is 0.394 e. The molecule has 5 rings (SSSR count). The molecule has 0 spiro atoms. The zero-order valence-corrected chi connectivity index (χ0v) is 25.1. The average molecular weight is 670 g/mol. The molecule has 0 radical (unpaired) electrons. The molecule has 1 aliphatic rings. The highest BCUT2D eigenvalue weighted by atomic mass is 32.2. The molecule has 1 fully saturated rings. The van der Waals surface area contributed by atoms with Gasteiger partial charge in [0.1, 0.15) is 41.1 Å². The van der Waals surface area contributed by atoms with Gasteiger partial charge in [-0.25, -0.2) is 17.9 Å². The van der Waals surface area contributed by atoms with Gasteiger partial charge < -0.3 is 25.2 Å². The Hall–Kier alpha value is -3.47. The zero-order valence-electron chi connectivity index (χ0n) is 24.2. The van der Waals surface area contributed by atoms with Crippen molar-refractivity contribution in [1.82, 2.24) is 15.0 Å². The fraction of sp³-hybridized carbons (Fsp3) is 0.355. The number of aliphatic hydroxyl groups is 4. The molecule has 7 atom stereocenters. The van der Waals surface area contributed by atoms with Crippen LogP contribution in [-0.4, -0.2) is 65.8 Å². The van der Waals surface area contributed by atoms with Crippen LogP contribution in [0, 0.1) is 24.4 Å². The Morgan fingerprint density at radius 1 is 0.957 bits per heavy atom. The van der Waals surface area contributed by atoms with Crippen molar-refractivity contribution in [2.75, 3.05) is 6.61 Å². The largest absolute Gasteiger partial charge is 0.416 e. The predicted octanol–water partition coefficient (Wildman–Crippen LogP) is 5.05. The lowest BCUT2D eigenvalue weighted by Gasteiger charge is -2.44. The van der Waals surface area contributed by atoms with Gasteiger partial charge in [0.2, 0.25) is 0 Å². The zero-order chi connectivity index (χ0) is 33.6. The highest BCUT2D eigenvalue weighted by molar-refractivity contribution is 8.00. The van der Waals surface area contributed by atoms with Gasteiger partial charge in [-0.05, 0) is 48.7 Å². The molecule has 0 aliphatic carbocycles. The molecule has 3 aromatic carbocycles. The molecule has 246 valence electrons. The van der Waals surface area contributed by atoms with Gasteiger partial charge in [-0.1, -0.05) is 47.7 Å². The van der Waals surface area contributed by atoms with Crippen LogP contribution in [0.15, 0.2) is 66.9 Å². The van der Waals surface area contributed by atoms with Crippen LogP contribution in [-0.2, 0) is 16.5 Å². The van der Waals surface area contributed by atoms with Crippen LogP contribution in [0.4, 0.5) is 26.3 Å². The number of halogens is 6. The van der Waals surface area contributed by atoms with Crippen LogP contribution in [0.5, 0.6) is 0 Å². The lowest BCUT2D eigenvalue weighted by molar-refractivity contribution is -0.179. The molecule has 46 heavy (non-hydrogen) atoms. The maximum Gasteiger partial charge on any atom is 0.416 e. The normalized spacial score (nSPS) is 24.0. The van der Waals surface area contributed by atoms with Gasteiger partial charge in [-0.2, -0.15) is 13.2 Å². The Morgan fingerprint density at radius 2 is 1.57 bits per heavy atom. The first-order chi connectivity index (χ1) is 21.6. The van der Waals surface area contributed by atoms with Gasteiger partial charge in [0.05, 0.1) is 23.6 Å². The van der Waals surface area contributed by atoms with Crippen molar-refractivity contribution in [3.63, 3.8) is 0 Å². The summed E-state index contributed by atoms with van der Waals surface area (Å²) in [5, 5.41) is 50.9. The van der Waals surface area contributed by atoms with E-state index in [1.54, 1.807) is 31.2 Å². The van der Waals surface area contributed by atoms with E-state index in [0.29, 0.717) is 35.0 Å². The number of ether oxygens (including phenoxy) is 1. The molecular weight excluding hydrogens is 640 g/mol. The topological polar surface area (TPSA) is 121 Å². The van der Waals surface area contributed by atoms with E-state index in [2.05, 4.69) is 10.3 Å². The lowest BCUT2D eigenvalue weighted by Crippen LogP contribution is -2.55. The van der Waals surface area contributed by atoms with Gasteiger partial charge in [0.15, 0.2) is 17.5 Å². The minimum atomic E-state index is -4.81. The summed E-state index contributed by atoms with van der Waals surface area (Å²) in [6.45, 7) is 2.24. The van der Waals surface area contributed by atoms with Gasteiger partial charge in [0.25, 0.3) is 0 Å². The first kappa shape index (κ1) is 33.9. The Balaban J connectivity index is 1.57. The third kappa shape index (κ3) is 6.39. The summed E-state index contributed by atoms with van der Waals surface area (Å²) in [7, 11) is 0. The molecule has 0 saturated carbocycles. The summed E-state index contributed by atoms with van der Waals surface area (Å²) in [6.07, 6.45) is -8.48. The molecule has 1 aromatic heterocycles. The number of nitrogens with zero attached hydrogens (tertiary/aromatic N) is 3. The molecule has 15 heteroatoms. The van der Waals surface area contributed by atoms with Crippen LogP contribution in [0.3, 0.4) is 0 Å². The van der Waals surface area contributed by atoms with Crippen molar-refractivity contribution in [3.8, 4) is 11.3 Å². The molecular formula is C31H29F6N3O5S. The number of benzene rings is 3. The number of aliphatic hydroxyl groups excluding tert-OH is 3. The van der Waals surface area contributed by atoms with Gasteiger partial charge in [-0.15, -0.1) is 16.9 Å². The Bertz CT molecular complexity index is 1680. The third-order valence-electron chi connectivity index (χ3n) is 7.96. The number of thioether (sulfide) groups is 1.